The predicted octanol–water partition coefficient (Wildman–Crippen LogP) is 2.49. The van der Waals surface area contributed by atoms with Crippen LogP contribution in [0.3, 0.4) is 0 Å². The van der Waals surface area contributed by atoms with Crippen LogP contribution < -0.4 is 0 Å². The Balaban J connectivity index is 3.04. The molecule has 2 heteroatoms. The van der Waals surface area contributed by atoms with Crippen molar-refractivity contribution >= 4 is 5.70 Å². The summed E-state index contributed by atoms with van der Waals surface area (Å²) in [7, 11) is 0. The lowest BCUT2D eigenvalue weighted by Crippen LogP contribution is -1.97. The van der Waals surface area contributed by atoms with Gasteiger partial charge in [0.2, 0.25) is 0 Å². The molecule has 12 heavy (non-hydrogen) atoms. The van der Waals surface area contributed by atoms with Crippen LogP contribution in [0.5, 0.6) is 0 Å². The molecule has 0 spiro atoms. The highest BCUT2D eigenvalue weighted by Crippen LogP contribution is 2.11. The minimum Gasteiger partial charge on any atom is -0.241 e. The summed E-state index contributed by atoms with van der Waals surface area (Å²) in [5, 5.41) is 4.10. The Labute approximate surface area is 72.5 Å². The summed E-state index contributed by atoms with van der Waals surface area (Å²) in [6.07, 6.45) is 7.23. The molecule has 0 saturated heterocycles. The summed E-state index contributed by atoms with van der Waals surface area (Å²) >= 11 is 0. The molecule has 0 fully saturated rings. The molecule has 1 heterocycles. The van der Waals surface area contributed by atoms with Crippen molar-refractivity contribution in [3.8, 4) is 0 Å². The van der Waals surface area contributed by atoms with Crippen LogP contribution in [-0.2, 0) is 0 Å². The van der Waals surface area contributed by atoms with Gasteiger partial charge in [-0.25, -0.2) is 4.68 Å². The van der Waals surface area contributed by atoms with E-state index < -0.39 is 0 Å². The van der Waals surface area contributed by atoms with Crippen molar-refractivity contribution in [3.63, 3.8) is 0 Å². The van der Waals surface area contributed by atoms with Crippen molar-refractivity contribution in [1.82, 2.24) is 9.78 Å². The molecule has 0 aromatic carbocycles. The zero-order valence-electron chi connectivity index (χ0n) is 7.20. The Hall–Kier alpha value is -1.57. The number of nitrogens with zero attached hydrogens (tertiary/aromatic N) is 2. The van der Waals surface area contributed by atoms with Crippen LogP contribution in [0, 0.1) is 0 Å². The zero-order valence-corrected chi connectivity index (χ0v) is 7.20. The lowest BCUT2D eigenvalue weighted by molar-refractivity contribution is 0.901. The third-order valence-corrected chi connectivity index (χ3v) is 1.46. The van der Waals surface area contributed by atoms with Gasteiger partial charge in [0.15, 0.2) is 0 Å². The van der Waals surface area contributed by atoms with Crippen molar-refractivity contribution in [1.29, 1.82) is 0 Å². The van der Waals surface area contributed by atoms with Crippen LogP contribution in [0.1, 0.15) is 6.92 Å². The van der Waals surface area contributed by atoms with Crippen molar-refractivity contribution in [2.45, 2.75) is 6.92 Å². The van der Waals surface area contributed by atoms with Gasteiger partial charge in [-0.2, -0.15) is 5.10 Å². The first-order valence-electron chi connectivity index (χ1n) is 3.74. The molecule has 1 aromatic rings. The Morgan fingerprint density at radius 2 is 2.33 bits per heavy atom. The summed E-state index contributed by atoms with van der Waals surface area (Å²) in [5.74, 6) is 0. The van der Waals surface area contributed by atoms with E-state index in [1.807, 2.05) is 25.3 Å². The first kappa shape index (κ1) is 8.53. The van der Waals surface area contributed by atoms with Gasteiger partial charge in [-0.1, -0.05) is 19.2 Å². The standard InChI is InChI=1S/C10H12N2/c1-4-6-10(9(2)3)12-8-5-7-11-12/h4-8H,1-2H2,3H3/b10-6+. The molecule has 0 unspecified atom stereocenters. The van der Waals surface area contributed by atoms with E-state index in [2.05, 4.69) is 18.3 Å². The average Bonchev–Trinajstić information content (AvgIpc) is 2.51. The van der Waals surface area contributed by atoms with E-state index in [0.717, 1.165) is 11.3 Å². The van der Waals surface area contributed by atoms with Crippen LogP contribution >= 0.6 is 0 Å². The maximum atomic E-state index is 4.10. The smallest absolute Gasteiger partial charge is 0.0668 e. The number of aromatic nitrogens is 2. The monoisotopic (exact) mass is 160 g/mol. The molecule has 1 rings (SSSR count). The molecule has 0 aliphatic rings. The minimum absolute atomic E-state index is 0.968. The third kappa shape index (κ3) is 1.72. The molecular weight excluding hydrogens is 148 g/mol. The van der Waals surface area contributed by atoms with E-state index in [1.165, 1.54) is 0 Å². The maximum Gasteiger partial charge on any atom is 0.0668 e. The van der Waals surface area contributed by atoms with Gasteiger partial charge in [0.25, 0.3) is 0 Å². The molecule has 0 aliphatic heterocycles. The third-order valence-electron chi connectivity index (χ3n) is 1.46. The molecule has 0 aliphatic carbocycles. The van der Waals surface area contributed by atoms with Crippen LogP contribution in [0.25, 0.3) is 5.70 Å². The Morgan fingerprint density at radius 3 is 2.75 bits per heavy atom. The molecule has 0 saturated carbocycles. The lowest BCUT2D eigenvalue weighted by atomic mass is 10.2. The number of hydrogen-bond donors (Lipinski definition) is 0. The molecule has 0 N–H and O–H groups in total. The van der Waals surface area contributed by atoms with E-state index in [0.29, 0.717) is 0 Å². The number of allylic oxidation sites excluding steroid dienone is 4. The van der Waals surface area contributed by atoms with Gasteiger partial charge in [0.05, 0.1) is 5.70 Å². The summed E-state index contributed by atoms with van der Waals surface area (Å²) in [5.41, 5.74) is 1.94. The van der Waals surface area contributed by atoms with Gasteiger partial charge in [0.1, 0.15) is 0 Å². The lowest BCUT2D eigenvalue weighted by Gasteiger charge is -2.04. The van der Waals surface area contributed by atoms with E-state index in [-0.39, 0.29) is 0 Å². The fourth-order valence-corrected chi connectivity index (χ4v) is 0.937. The van der Waals surface area contributed by atoms with Crippen molar-refractivity contribution < 1.29 is 0 Å². The fraction of sp³-hybridized carbons (Fsp3) is 0.100. The average molecular weight is 160 g/mol. The van der Waals surface area contributed by atoms with Crippen LogP contribution in [0.4, 0.5) is 0 Å². The Kier molecular flexibility index (Phi) is 2.64. The topological polar surface area (TPSA) is 17.8 Å². The molecule has 1 aromatic heterocycles. The van der Waals surface area contributed by atoms with Crippen molar-refractivity contribution in [2.24, 2.45) is 0 Å². The highest BCUT2D eigenvalue weighted by atomic mass is 15.3. The number of hydrogen-bond acceptors (Lipinski definition) is 1. The molecule has 0 amide bonds. The van der Waals surface area contributed by atoms with Gasteiger partial charge < -0.3 is 0 Å². The maximum absolute atomic E-state index is 4.10. The van der Waals surface area contributed by atoms with Gasteiger partial charge in [-0.15, -0.1) is 0 Å². The number of rotatable bonds is 3. The van der Waals surface area contributed by atoms with E-state index in [4.69, 9.17) is 0 Å². The normalized spacial score (nSPS) is 11.2. The fourth-order valence-electron chi connectivity index (χ4n) is 0.937. The van der Waals surface area contributed by atoms with Crippen molar-refractivity contribution in [3.05, 3.63) is 49.3 Å². The predicted molar refractivity (Wildman–Crippen MR) is 51.5 cm³/mol. The molecule has 0 bridgehead atoms. The minimum atomic E-state index is 0.968. The Bertz CT molecular complexity index is 305. The van der Waals surface area contributed by atoms with Crippen molar-refractivity contribution in [2.75, 3.05) is 0 Å². The molecule has 0 atom stereocenters. The molecule has 0 radical (unpaired) electrons. The first-order chi connectivity index (χ1) is 5.75. The van der Waals surface area contributed by atoms with Gasteiger partial charge >= 0.3 is 0 Å². The zero-order chi connectivity index (χ0) is 8.97. The molecule has 62 valence electrons. The van der Waals surface area contributed by atoms with E-state index >= 15 is 0 Å². The molecule has 2 nitrogen and oxygen atoms in total. The summed E-state index contributed by atoms with van der Waals surface area (Å²) in [4.78, 5) is 0. The highest BCUT2D eigenvalue weighted by Gasteiger charge is 1.98. The van der Waals surface area contributed by atoms with Gasteiger partial charge in [-0.05, 0) is 24.6 Å². The second-order valence-electron chi connectivity index (χ2n) is 2.52. The quantitative estimate of drug-likeness (QED) is 0.621. The van der Waals surface area contributed by atoms with Gasteiger partial charge in [0, 0.05) is 12.4 Å². The highest BCUT2D eigenvalue weighted by molar-refractivity contribution is 5.62. The second-order valence-corrected chi connectivity index (χ2v) is 2.52. The molecular formula is C10H12N2. The summed E-state index contributed by atoms with van der Waals surface area (Å²) in [6.45, 7) is 9.43. The second kappa shape index (κ2) is 3.72. The van der Waals surface area contributed by atoms with Gasteiger partial charge in [-0.3, -0.25) is 0 Å². The van der Waals surface area contributed by atoms with Crippen LogP contribution in [-0.4, -0.2) is 9.78 Å². The van der Waals surface area contributed by atoms with E-state index in [9.17, 15) is 0 Å². The summed E-state index contributed by atoms with van der Waals surface area (Å²) < 4.78 is 1.77. The largest absolute Gasteiger partial charge is 0.241 e. The van der Waals surface area contributed by atoms with Crippen LogP contribution in [0.15, 0.2) is 49.3 Å². The first-order valence-corrected chi connectivity index (χ1v) is 3.74. The van der Waals surface area contributed by atoms with Crippen LogP contribution in [0.2, 0.25) is 0 Å². The van der Waals surface area contributed by atoms with E-state index in [1.54, 1.807) is 17.0 Å². The Morgan fingerprint density at radius 1 is 1.58 bits per heavy atom. The SMILES string of the molecule is C=C/C=C(\C(=C)C)n1cccn1. The summed E-state index contributed by atoms with van der Waals surface area (Å²) in [6, 6.07) is 1.87.